The Morgan fingerprint density at radius 3 is 2.50 bits per heavy atom. The van der Waals surface area contributed by atoms with E-state index in [2.05, 4.69) is 13.8 Å². The summed E-state index contributed by atoms with van der Waals surface area (Å²) in [5, 5.41) is 10.2. The fourth-order valence-electron chi connectivity index (χ4n) is 3.44. The molecule has 1 N–H and O–H groups in total. The molecule has 3 fully saturated rings. The Balaban J connectivity index is 2.25. The second kappa shape index (κ2) is 2.25. The van der Waals surface area contributed by atoms with Gasteiger partial charge in [-0.3, -0.25) is 0 Å². The summed E-state index contributed by atoms with van der Waals surface area (Å²) in [5.74, 6) is 1.44. The molecule has 2 bridgehead atoms. The summed E-state index contributed by atoms with van der Waals surface area (Å²) in [4.78, 5) is 0. The topological polar surface area (TPSA) is 20.2 Å². The number of aliphatic hydroxyl groups is 1. The molecule has 3 rings (SSSR count). The summed E-state index contributed by atoms with van der Waals surface area (Å²) >= 11 is 0. The van der Waals surface area contributed by atoms with E-state index in [-0.39, 0.29) is 5.60 Å². The highest BCUT2D eigenvalue weighted by atomic mass is 16.3. The lowest BCUT2D eigenvalue weighted by molar-refractivity contribution is -0.133. The van der Waals surface area contributed by atoms with E-state index in [1.165, 1.54) is 19.3 Å². The molecule has 0 spiro atoms. The third-order valence-corrected chi connectivity index (χ3v) is 4.46. The Labute approximate surface area is 75.2 Å². The molecule has 0 aliphatic heterocycles. The van der Waals surface area contributed by atoms with Crippen LogP contribution in [-0.4, -0.2) is 10.7 Å². The zero-order chi connectivity index (χ0) is 8.98. The first-order chi connectivity index (χ1) is 5.44. The quantitative estimate of drug-likeness (QED) is 0.589. The van der Waals surface area contributed by atoms with Gasteiger partial charge in [0.1, 0.15) is 0 Å². The summed E-state index contributed by atoms with van der Waals surface area (Å²) in [7, 11) is 0. The Bertz CT molecular complexity index is 185. The van der Waals surface area contributed by atoms with Gasteiger partial charge in [-0.1, -0.05) is 20.3 Å². The second-order valence-corrected chi connectivity index (χ2v) is 5.56. The first-order valence-electron chi connectivity index (χ1n) is 5.17. The lowest BCUT2D eigenvalue weighted by Crippen LogP contribution is -2.53. The molecule has 12 heavy (non-hydrogen) atoms. The lowest BCUT2D eigenvalue weighted by atomic mass is 9.51. The first kappa shape index (κ1) is 8.55. The van der Waals surface area contributed by atoms with Crippen LogP contribution in [0.4, 0.5) is 0 Å². The van der Waals surface area contributed by atoms with Crippen molar-refractivity contribution in [3.05, 3.63) is 0 Å². The minimum atomic E-state index is -0.378. The summed E-state index contributed by atoms with van der Waals surface area (Å²) in [5.41, 5.74) is 0.0243. The molecule has 3 atom stereocenters. The fraction of sp³-hybridized carbons (Fsp3) is 1.00. The largest absolute Gasteiger partial charge is 0.390 e. The molecular formula is C11H20O. The zero-order valence-corrected chi connectivity index (χ0v) is 8.43. The Morgan fingerprint density at radius 1 is 1.25 bits per heavy atom. The van der Waals surface area contributed by atoms with Gasteiger partial charge in [0.15, 0.2) is 0 Å². The van der Waals surface area contributed by atoms with Gasteiger partial charge in [0.2, 0.25) is 0 Å². The van der Waals surface area contributed by atoms with Crippen molar-refractivity contribution < 1.29 is 5.11 Å². The minimum absolute atomic E-state index is 0.378. The highest BCUT2D eigenvalue weighted by Gasteiger charge is 2.56. The van der Waals surface area contributed by atoms with Gasteiger partial charge < -0.3 is 5.11 Å². The molecule has 0 radical (unpaired) electrons. The molecule has 3 saturated carbocycles. The van der Waals surface area contributed by atoms with Gasteiger partial charge in [-0.15, -0.1) is 0 Å². The van der Waals surface area contributed by atoms with Crippen LogP contribution in [-0.2, 0) is 0 Å². The maximum absolute atomic E-state index is 10.2. The van der Waals surface area contributed by atoms with Gasteiger partial charge in [-0.2, -0.15) is 0 Å². The minimum Gasteiger partial charge on any atom is -0.390 e. The van der Waals surface area contributed by atoms with Gasteiger partial charge in [-0.25, -0.2) is 0 Å². The van der Waals surface area contributed by atoms with Crippen molar-refractivity contribution >= 4 is 0 Å². The van der Waals surface area contributed by atoms with Crippen LogP contribution in [0.5, 0.6) is 0 Å². The van der Waals surface area contributed by atoms with E-state index in [0.717, 1.165) is 12.3 Å². The van der Waals surface area contributed by atoms with Crippen LogP contribution >= 0.6 is 0 Å². The molecule has 1 heteroatoms. The Kier molecular flexibility index (Phi) is 1.61. The second-order valence-electron chi connectivity index (χ2n) is 5.56. The van der Waals surface area contributed by atoms with Crippen molar-refractivity contribution in [3.8, 4) is 0 Å². The van der Waals surface area contributed by atoms with Crippen LogP contribution in [0.25, 0.3) is 0 Å². The first-order valence-corrected chi connectivity index (χ1v) is 5.17. The van der Waals surface area contributed by atoms with Crippen molar-refractivity contribution in [2.45, 2.75) is 52.1 Å². The predicted octanol–water partition coefficient (Wildman–Crippen LogP) is 2.58. The van der Waals surface area contributed by atoms with Gasteiger partial charge in [0, 0.05) is 0 Å². The standard InChI is InChI=1S/C11H20O/c1-10(2)8-5-4-6-11(3,12)9(10)7-8/h8-9,12H,4-7H2,1-3H3. The molecule has 3 aliphatic carbocycles. The van der Waals surface area contributed by atoms with E-state index in [9.17, 15) is 5.11 Å². The van der Waals surface area contributed by atoms with Gasteiger partial charge in [0.05, 0.1) is 5.60 Å². The number of hydrogen-bond acceptors (Lipinski definition) is 1. The maximum Gasteiger partial charge on any atom is 0.0653 e. The van der Waals surface area contributed by atoms with E-state index in [0.29, 0.717) is 11.3 Å². The van der Waals surface area contributed by atoms with E-state index in [1.807, 2.05) is 6.92 Å². The van der Waals surface area contributed by atoms with Crippen molar-refractivity contribution in [2.24, 2.45) is 17.3 Å². The zero-order valence-electron chi connectivity index (χ0n) is 8.43. The van der Waals surface area contributed by atoms with Gasteiger partial charge in [0.25, 0.3) is 0 Å². The molecule has 1 nitrogen and oxygen atoms in total. The van der Waals surface area contributed by atoms with Crippen molar-refractivity contribution in [3.63, 3.8) is 0 Å². The molecule has 0 amide bonds. The smallest absolute Gasteiger partial charge is 0.0653 e. The van der Waals surface area contributed by atoms with Crippen molar-refractivity contribution in [1.29, 1.82) is 0 Å². The normalized spacial score (nSPS) is 51.0. The van der Waals surface area contributed by atoms with E-state index in [1.54, 1.807) is 0 Å². The van der Waals surface area contributed by atoms with Gasteiger partial charge >= 0.3 is 0 Å². The highest BCUT2D eigenvalue weighted by molar-refractivity contribution is 5.06. The predicted molar refractivity (Wildman–Crippen MR) is 49.9 cm³/mol. The molecule has 0 heterocycles. The van der Waals surface area contributed by atoms with Crippen molar-refractivity contribution in [2.75, 3.05) is 0 Å². The van der Waals surface area contributed by atoms with Crippen LogP contribution in [0.3, 0.4) is 0 Å². The summed E-state index contributed by atoms with van der Waals surface area (Å²) in [6, 6.07) is 0. The average Bonchev–Trinajstić information content (AvgIpc) is 2.13. The van der Waals surface area contributed by atoms with Crippen LogP contribution < -0.4 is 0 Å². The number of rotatable bonds is 0. The highest BCUT2D eigenvalue weighted by Crippen LogP contribution is 2.60. The molecule has 0 aromatic rings. The van der Waals surface area contributed by atoms with Gasteiger partial charge in [-0.05, 0) is 43.4 Å². The van der Waals surface area contributed by atoms with E-state index >= 15 is 0 Å². The van der Waals surface area contributed by atoms with Crippen LogP contribution in [0.15, 0.2) is 0 Å². The maximum atomic E-state index is 10.2. The molecule has 70 valence electrons. The summed E-state index contributed by atoms with van der Waals surface area (Å²) < 4.78 is 0. The SMILES string of the molecule is CC1(O)CCCC2CC1C2(C)C. The van der Waals surface area contributed by atoms with E-state index < -0.39 is 0 Å². The third kappa shape index (κ3) is 0.953. The van der Waals surface area contributed by atoms with Crippen LogP contribution in [0.1, 0.15) is 46.5 Å². The van der Waals surface area contributed by atoms with Crippen LogP contribution in [0.2, 0.25) is 0 Å². The number of hydrogen-bond donors (Lipinski definition) is 1. The number of fused-ring (bicyclic) bond motifs is 3. The summed E-state index contributed by atoms with van der Waals surface area (Å²) in [6.45, 7) is 6.68. The Hall–Kier alpha value is -0.0400. The molecular weight excluding hydrogens is 148 g/mol. The molecule has 0 aromatic carbocycles. The van der Waals surface area contributed by atoms with Crippen LogP contribution in [0, 0.1) is 17.3 Å². The third-order valence-electron chi connectivity index (χ3n) is 4.46. The molecule has 0 aromatic heterocycles. The molecule has 3 unspecified atom stereocenters. The Morgan fingerprint density at radius 2 is 1.92 bits per heavy atom. The summed E-state index contributed by atoms with van der Waals surface area (Å²) in [6.07, 6.45) is 4.83. The average molecular weight is 168 g/mol. The van der Waals surface area contributed by atoms with Crippen molar-refractivity contribution in [1.82, 2.24) is 0 Å². The van der Waals surface area contributed by atoms with E-state index in [4.69, 9.17) is 0 Å². The molecule has 0 saturated heterocycles. The lowest BCUT2D eigenvalue weighted by Gasteiger charge is -2.55. The fourth-order valence-corrected chi connectivity index (χ4v) is 3.44. The molecule has 3 aliphatic rings. The monoisotopic (exact) mass is 168 g/mol.